The molecule has 0 saturated carbocycles. The van der Waals surface area contributed by atoms with E-state index < -0.39 is 12.0 Å². The third-order valence-electron chi connectivity index (χ3n) is 2.70. The van der Waals surface area contributed by atoms with Crippen molar-refractivity contribution in [1.29, 1.82) is 5.26 Å². The number of rotatable bonds is 4. The number of benzene rings is 2. The Kier molecular flexibility index (Phi) is 3.79. The van der Waals surface area contributed by atoms with E-state index in [1.165, 1.54) is 12.1 Å². The summed E-state index contributed by atoms with van der Waals surface area (Å²) in [4.78, 5) is 10.7. The molecule has 2 aromatic rings. The lowest BCUT2D eigenvalue weighted by atomic mass is 10.1. The highest BCUT2D eigenvalue weighted by Crippen LogP contribution is 2.19. The van der Waals surface area contributed by atoms with E-state index in [-0.39, 0.29) is 5.56 Å². The van der Waals surface area contributed by atoms with Gasteiger partial charge in [0, 0.05) is 5.69 Å². The summed E-state index contributed by atoms with van der Waals surface area (Å²) in [6, 6.07) is 17.4. The monoisotopic (exact) mass is 252 g/mol. The molecular formula is C15H12N2O2. The lowest BCUT2D eigenvalue weighted by Crippen LogP contribution is -2.08. The van der Waals surface area contributed by atoms with Crippen molar-refractivity contribution >= 4 is 11.7 Å². The number of aromatic carboxylic acids is 1. The highest BCUT2D eigenvalue weighted by atomic mass is 16.4. The predicted molar refractivity (Wildman–Crippen MR) is 71.8 cm³/mol. The average Bonchev–Trinajstić information content (AvgIpc) is 2.46. The number of carbonyl (C=O) groups is 1. The van der Waals surface area contributed by atoms with Crippen molar-refractivity contribution in [2.24, 2.45) is 0 Å². The zero-order valence-electron chi connectivity index (χ0n) is 10.1. The molecule has 0 spiro atoms. The van der Waals surface area contributed by atoms with Crippen LogP contribution in [0.3, 0.4) is 0 Å². The molecule has 0 aliphatic rings. The smallest absolute Gasteiger partial charge is 0.335 e. The molecule has 0 bridgehead atoms. The van der Waals surface area contributed by atoms with Gasteiger partial charge in [-0.05, 0) is 29.8 Å². The van der Waals surface area contributed by atoms with Gasteiger partial charge in [0.15, 0.2) is 0 Å². The maximum atomic E-state index is 10.7. The lowest BCUT2D eigenvalue weighted by molar-refractivity contribution is 0.0697. The first kappa shape index (κ1) is 12.7. The first-order valence-corrected chi connectivity index (χ1v) is 5.75. The first-order chi connectivity index (χ1) is 9.20. The van der Waals surface area contributed by atoms with Crippen molar-refractivity contribution < 1.29 is 9.90 Å². The molecule has 0 aliphatic heterocycles. The summed E-state index contributed by atoms with van der Waals surface area (Å²) < 4.78 is 0. The molecule has 0 aromatic heterocycles. The predicted octanol–water partition coefficient (Wildman–Crippen LogP) is 3.06. The number of nitrogens with zero attached hydrogens (tertiary/aromatic N) is 1. The van der Waals surface area contributed by atoms with Crippen LogP contribution in [0.15, 0.2) is 54.6 Å². The van der Waals surface area contributed by atoms with Gasteiger partial charge in [0.1, 0.15) is 6.04 Å². The van der Waals surface area contributed by atoms with E-state index in [0.717, 1.165) is 5.56 Å². The number of nitrogens with one attached hydrogen (secondary N) is 1. The summed E-state index contributed by atoms with van der Waals surface area (Å²) in [7, 11) is 0. The number of nitriles is 1. The Balaban J connectivity index is 2.16. The molecule has 1 atom stereocenters. The fourth-order valence-corrected chi connectivity index (χ4v) is 1.71. The van der Waals surface area contributed by atoms with Crippen LogP contribution in [-0.2, 0) is 0 Å². The lowest BCUT2D eigenvalue weighted by Gasteiger charge is -2.13. The number of hydrogen-bond donors (Lipinski definition) is 2. The number of carboxylic acids is 1. The molecule has 4 heteroatoms. The summed E-state index contributed by atoms with van der Waals surface area (Å²) in [5.74, 6) is -0.966. The van der Waals surface area contributed by atoms with Crippen LogP contribution in [-0.4, -0.2) is 11.1 Å². The summed E-state index contributed by atoms with van der Waals surface area (Å²) in [6.07, 6.45) is 0. The van der Waals surface area contributed by atoms with E-state index in [9.17, 15) is 10.1 Å². The number of hydrogen-bond acceptors (Lipinski definition) is 3. The van der Waals surface area contributed by atoms with Crippen molar-refractivity contribution in [3.8, 4) is 6.07 Å². The van der Waals surface area contributed by atoms with Gasteiger partial charge in [-0.3, -0.25) is 0 Å². The van der Waals surface area contributed by atoms with Gasteiger partial charge in [-0.1, -0.05) is 30.3 Å². The molecule has 2 aromatic carbocycles. The molecule has 94 valence electrons. The highest BCUT2D eigenvalue weighted by molar-refractivity contribution is 5.88. The molecule has 0 saturated heterocycles. The third kappa shape index (κ3) is 3.11. The summed E-state index contributed by atoms with van der Waals surface area (Å²) in [5, 5.41) is 21.0. The highest BCUT2D eigenvalue weighted by Gasteiger charge is 2.10. The van der Waals surface area contributed by atoms with Crippen LogP contribution >= 0.6 is 0 Å². The minimum atomic E-state index is -0.966. The molecule has 0 heterocycles. The summed E-state index contributed by atoms with van der Waals surface area (Å²) >= 11 is 0. The quantitative estimate of drug-likeness (QED) is 0.877. The minimum Gasteiger partial charge on any atom is -0.478 e. The minimum absolute atomic E-state index is 0.221. The number of anilines is 1. The Bertz CT molecular complexity index is 600. The standard InChI is InChI=1S/C15H12N2O2/c16-10-14(11-4-2-1-3-5-11)17-13-8-6-12(7-9-13)15(18)19/h1-9,14,17H,(H,18,19). The molecule has 1 unspecified atom stereocenters. The van der Waals surface area contributed by atoms with Gasteiger partial charge >= 0.3 is 5.97 Å². The SMILES string of the molecule is N#CC(Nc1ccc(C(=O)O)cc1)c1ccccc1. The Morgan fingerprint density at radius 3 is 2.26 bits per heavy atom. The second kappa shape index (κ2) is 5.69. The Labute approximate surface area is 110 Å². The second-order valence-corrected chi connectivity index (χ2v) is 4.00. The summed E-state index contributed by atoms with van der Waals surface area (Å²) in [6.45, 7) is 0. The van der Waals surface area contributed by atoms with Gasteiger partial charge in [0.2, 0.25) is 0 Å². The molecule has 0 amide bonds. The van der Waals surface area contributed by atoms with Crippen molar-refractivity contribution in [3.05, 3.63) is 65.7 Å². The van der Waals surface area contributed by atoms with Gasteiger partial charge in [0.05, 0.1) is 11.6 Å². The maximum Gasteiger partial charge on any atom is 0.335 e. The van der Waals surface area contributed by atoms with Crippen molar-refractivity contribution in [2.75, 3.05) is 5.32 Å². The van der Waals surface area contributed by atoms with Crippen LogP contribution in [0, 0.1) is 11.3 Å². The zero-order valence-corrected chi connectivity index (χ0v) is 10.1. The van der Waals surface area contributed by atoms with E-state index >= 15 is 0 Å². The van der Waals surface area contributed by atoms with Crippen LogP contribution in [0.2, 0.25) is 0 Å². The molecule has 0 aliphatic carbocycles. The molecule has 0 fully saturated rings. The van der Waals surface area contributed by atoms with Crippen molar-refractivity contribution in [1.82, 2.24) is 0 Å². The van der Waals surface area contributed by atoms with E-state index in [0.29, 0.717) is 5.69 Å². The summed E-state index contributed by atoms with van der Waals surface area (Å²) in [5.41, 5.74) is 1.80. The topological polar surface area (TPSA) is 73.1 Å². The van der Waals surface area contributed by atoms with Crippen molar-refractivity contribution in [2.45, 2.75) is 6.04 Å². The van der Waals surface area contributed by atoms with Crippen LogP contribution < -0.4 is 5.32 Å². The molecular weight excluding hydrogens is 240 g/mol. The van der Waals surface area contributed by atoms with Gasteiger partial charge in [-0.15, -0.1) is 0 Å². The Hall–Kier alpha value is -2.80. The maximum absolute atomic E-state index is 10.7. The van der Waals surface area contributed by atoms with Crippen molar-refractivity contribution in [3.63, 3.8) is 0 Å². The van der Waals surface area contributed by atoms with Crippen LogP contribution in [0.1, 0.15) is 22.0 Å². The van der Waals surface area contributed by atoms with E-state index in [2.05, 4.69) is 11.4 Å². The second-order valence-electron chi connectivity index (χ2n) is 4.00. The molecule has 19 heavy (non-hydrogen) atoms. The third-order valence-corrected chi connectivity index (χ3v) is 2.70. The van der Waals surface area contributed by atoms with E-state index in [4.69, 9.17) is 5.11 Å². The van der Waals surface area contributed by atoms with Gasteiger partial charge in [-0.25, -0.2) is 4.79 Å². The van der Waals surface area contributed by atoms with Crippen LogP contribution in [0.4, 0.5) is 5.69 Å². The molecule has 4 nitrogen and oxygen atoms in total. The van der Waals surface area contributed by atoms with Gasteiger partial charge < -0.3 is 10.4 Å². The normalized spacial score (nSPS) is 11.3. The van der Waals surface area contributed by atoms with Gasteiger partial charge in [0.25, 0.3) is 0 Å². The zero-order chi connectivity index (χ0) is 13.7. The Morgan fingerprint density at radius 1 is 1.11 bits per heavy atom. The van der Waals surface area contributed by atoms with E-state index in [1.807, 2.05) is 30.3 Å². The molecule has 2 rings (SSSR count). The fraction of sp³-hybridized carbons (Fsp3) is 0.0667. The Morgan fingerprint density at radius 2 is 1.74 bits per heavy atom. The van der Waals surface area contributed by atoms with E-state index in [1.54, 1.807) is 12.1 Å². The van der Waals surface area contributed by atoms with Crippen LogP contribution in [0.25, 0.3) is 0 Å². The van der Waals surface area contributed by atoms with Gasteiger partial charge in [-0.2, -0.15) is 5.26 Å². The average molecular weight is 252 g/mol. The number of carboxylic acid groups (broad SMARTS) is 1. The largest absolute Gasteiger partial charge is 0.478 e. The first-order valence-electron chi connectivity index (χ1n) is 5.75. The molecule has 0 radical (unpaired) electrons. The fourth-order valence-electron chi connectivity index (χ4n) is 1.71. The molecule has 2 N–H and O–H groups in total. The van der Waals surface area contributed by atoms with Crippen LogP contribution in [0.5, 0.6) is 0 Å².